The van der Waals surface area contributed by atoms with Crippen LogP contribution in [-0.4, -0.2) is 34.8 Å². The van der Waals surface area contributed by atoms with Crippen LogP contribution in [0.3, 0.4) is 0 Å². The van der Waals surface area contributed by atoms with Crippen molar-refractivity contribution in [2.45, 2.75) is 58.4 Å². The molecule has 0 radical (unpaired) electrons. The number of aromatic nitrogens is 1. The van der Waals surface area contributed by atoms with E-state index in [1.807, 2.05) is 4.90 Å². The highest BCUT2D eigenvalue weighted by atomic mass is 32.1. The van der Waals surface area contributed by atoms with Crippen LogP contribution in [0.25, 0.3) is 0 Å². The molecule has 2 aliphatic rings. The molecule has 0 bridgehead atoms. The highest BCUT2D eigenvalue weighted by molar-refractivity contribution is 7.09. The lowest BCUT2D eigenvalue weighted by Gasteiger charge is -2.32. The van der Waals surface area contributed by atoms with Gasteiger partial charge in [0.25, 0.3) is 0 Å². The summed E-state index contributed by atoms with van der Waals surface area (Å²) in [5.74, 6) is 0.458. The van der Waals surface area contributed by atoms with Crippen LogP contribution in [0, 0.1) is 11.8 Å². The van der Waals surface area contributed by atoms with E-state index >= 15 is 0 Å². The van der Waals surface area contributed by atoms with E-state index in [1.54, 1.807) is 11.3 Å². The maximum atomic E-state index is 12.5. The molecule has 1 aromatic heterocycles. The number of amides is 2. The molecule has 6 heteroatoms. The highest BCUT2D eigenvalue weighted by Gasteiger charge is 2.36. The molecule has 1 atom stereocenters. The zero-order valence-electron chi connectivity index (χ0n) is 14.8. The van der Waals surface area contributed by atoms with E-state index in [0.29, 0.717) is 13.1 Å². The minimum Gasteiger partial charge on any atom is -0.349 e. The Morgan fingerprint density at radius 2 is 2.04 bits per heavy atom. The third kappa shape index (κ3) is 4.15. The van der Waals surface area contributed by atoms with Crippen molar-refractivity contribution in [1.82, 2.24) is 15.2 Å². The molecule has 2 fully saturated rings. The van der Waals surface area contributed by atoms with Gasteiger partial charge in [-0.1, -0.05) is 20.8 Å². The van der Waals surface area contributed by atoms with E-state index in [2.05, 4.69) is 36.5 Å². The largest absolute Gasteiger partial charge is 0.349 e. The molecule has 0 spiro atoms. The highest BCUT2D eigenvalue weighted by Crippen LogP contribution is 2.32. The first-order chi connectivity index (χ1) is 11.3. The third-order valence-electron chi connectivity index (χ3n) is 4.76. The number of hydrogen-bond donors (Lipinski definition) is 1. The fourth-order valence-electron chi connectivity index (χ4n) is 3.02. The van der Waals surface area contributed by atoms with E-state index in [-0.39, 0.29) is 29.1 Å². The van der Waals surface area contributed by atoms with Crippen LogP contribution >= 0.6 is 11.3 Å². The van der Waals surface area contributed by atoms with E-state index in [1.165, 1.54) is 0 Å². The fraction of sp³-hybridized carbons (Fsp3) is 0.722. The Labute approximate surface area is 147 Å². The first-order valence-electron chi connectivity index (χ1n) is 8.86. The van der Waals surface area contributed by atoms with Crippen LogP contribution in [0.2, 0.25) is 0 Å². The normalized spacial score (nSPS) is 21.6. The predicted octanol–water partition coefficient (Wildman–Crippen LogP) is 2.71. The minimum atomic E-state index is -0.0801. The Morgan fingerprint density at radius 1 is 1.29 bits per heavy atom. The SMILES string of the molecule is CC(C)(C)c1csc(CNC(=O)C2CCCN(C(=O)C3CC3)C2)n1. The molecule has 1 saturated carbocycles. The summed E-state index contributed by atoms with van der Waals surface area (Å²) in [5, 5.41) is 6.02. The van der Waals surface area contributed by atoms with E-state index in [9.17, 15) is 9.59 Å². The maximum Gasteiger partial charge on any atom is 0.225 e. The lowest BCUT2D eigenvalue weighted by Crippen LogP contribution is -2.45. The summed E-state index contributed by atoms with van der Waals surface area (Å²) >= 11 is 1.59. The quantitative estimate of drug-likeness (QED) is 0.909. The van der Waals surface area contributed by atoms with Crippen LogP contribution in [0.15, 0.2) is 5.38 Å². The summed E-state index contributed by atoms with van der Waals surface area (Å²) in [7, 11) is 0. The molecule has 1 aromatic rings. The van der Waals surface area contributed by atoms with Crippen molar-refractivity contribution in [1.29, 1.82) is 0 Å². The van der Waals surface area contributed by atoms with Gasteiger partial charge in [-0.15, -0.1) is 11.3 Å². The van der Waals surface area contributed by atoms with E-state index in [0.717, 1.165) is 42.9 Å². The molecule has 2 heterocycles. The van der Waals surface area contributed by atoms with Gasteiger partial charge in [0.1, 0.15) is 5.01 Å². The maximum absolute atomic E-state index is 12.5. The van der Waals surface area contributed by atoms with Crippen LogP contribution in [0.1, 0.15) is 57.2 Å². The van der Waals surface area contributed by atoms with Crippen molar-refractivity contribution in [3.63, 3.8) is 0 Å². The third-order valence-corrected chi connectivity index (χ3v) is 5.61. The minimum absolute atomic E-state index is 0.0335. The number of likely N-dealkylation sites (tertiary alicyclic amines) is 1. The predicted molar refractivity (Wildman–Crippen MR) is 94.7 cm³/mol. The first kappa shape index (κ1) is 17.4. The Bertz CT molecular complexity index is 616. The van der Waals surface area contributed by atoms with Gasteiger partial charge in [0, 0.05) is 29.8 Å². The number of thiazole rings is 1. The summed E-state index contributed by atoms with van der Waals surface area (Å²) in [6.07, 6.45) is 3.83. The van der Waals surface area contributed by atoms with Gasteiger partial charge in [0.15, 0.2) is 0 Å². The van der Waals surface area contributed by atoms with E-state index in [4.69, 9.17) is 0 Å². The molecule has 0 aromatic carbocycles. The zero-order chi connectivity index (χ0) is 17.3. The van der Waals surface area contributed by atoms with Gasteiger partial charge in [0.2, 0.25) is 11.8 Å². The Kier molecular flexibility index (Phi) is 4.95. The number of rotatable bonds is 4. The Hall–Kier alpha value is -1.43. The summed E-state index contributed by atoms with van der Waals surface area (Å²) in [6.45, 7) is 8.27. The molecular formula is C18H27N3O2S. The molecule has 3 rings (SSSR count). The van der Waals surface area contributed by atoms with Gasteiger partial charge in [-0.2, -0.15) is 0 Å². The van der Waals surface area contributed by atoms with Gasteiger partial charge >= 0.3 is 0 Å². The van der Waals surface area contributed by atoms with Gasteiger partial charge < -0.3 is 10.2 Å². The van der Waals surface area contributed by atoms with Crippen molar-refractivity contribution in [2.24, 2.45) is 11.8 Å². The molecule has 1 aliphatic heterocycles. The average molecular weight is 350 g/mol. The second kappa shape index (κ2) is 6.82. The molecular weight excluding hydrogens is 322 g/mol. The molecule has 24 heavy (non-hydrogen) atoms. The number of carbonyl (C=O) groups excluding carboxylic acids is 2. The second-order valence-corrected chi connectivity index (χ2v) is 8.93. The van der Waals surface area contributed by atoms with Crippen molar-refractivity contribution < 1.29 is 9.59 Å². The lowest BCUT2D eigenvalue weighted by molar-refractivity contribution is -0.136. The monoisotopic (exact) mass is 349 g/mol. The first-order valence-corrected chi connectivity index (χ1v) is 9.74. The topological polar surface area (TPSA) is 62.3 Å². The van der Waals surface area contributed by atoms with Crippen LogP contribution in [0.5, 0.6) is 0 Å². The molecule has 5 nitrogen and oxygen atoms in total. The summed E-state index contributed by atoms with van der Waals surface area (Å²) in [5.41, 5.74) is 1.10. The van der Waals surface area contributed by atoms with Gasteiger partial charge in [-0.25, -0.2) is 4.98 Å². The number of hydrogen-bond acceptors (Lipinski definition) is 4. The van der Waals surface area contributed by atoms with E-state index < -0.39 is 0 Å². The summed E-state index contributed by atoms with van der Waals surface area (Å²) in [4.78, 5) is 31.2. The van der Waals surface area contributed by atoms with Gasteiger partial charge in [-0.05, 0) is 25.7 Å². The molecule has 132 valence electrons. The standard InChI is InChI=1S/C18H27N3O2S/c1-18(2,3)14-11-24-15(20-14)9-19-16(22)13-5-4-8-21(10-13)17(23)12-6-7-12/h11-13H,4-10H2,1-3H3,(H,19,22). The summed E-state index contributed by atoms with van der Waals surface area (Å²) in [6, 6.07) is 0. The number of nitrogens with zero attached hydrogens (tertiary/aromatic N) is 2. The summed E-state index contributed by atoms with van der Waals surface area (Å²) < 4.78 is 0. The van der Waals surface area contributed by atoms with Crippen molar-refractivity contribution in [2.75, 3.05) is 13.1 Å². The molecule has 1 unspecified atom stereocenters. The van der Waals surface area contributed by atoms with Crippen LogP contribution in [-0.2, 0) is 21.5 Å². The zero-order valence-corrected chi connectivity index (χ0v) is 15.6. The molecule has 1 N–H and O–H groups in total. The lowest BCUT2D eigenvalue weighted by atomic mass is 9.93. The second-order valence-electron chi connectivity index (χ2n) is 7.99. The van der Waals surface area contributed by atoms with Gasteiger partial charge in [0.05, 0.1) is 18.2 Å². The molecule has 1 saturated heterocycles. The Balaban J connectivity index is 1.51. The van der Waals surface area contributed by atoms with Crippen LogP contribution < -0.4 is 5.32 Å². The van der Waals surface area contributed by atoms with Crippen molar-refractivity contribution in [3.8, 4) is 0 Å². The number of nitrogens with one attached hydrogen (secondary N) is 1. The number of carbonyl (C=O) groups is 2. The van der Waals surface area contributed by atoms with Crippen molar-refractivity contribution >= 4 is 23.2 Å². The van der Waals surface area contributed by atoms with Gasteiger partial charge in [-0.3, -0.25) is 9.59 Å². The fourth-order valence-corrected chi connectivity index (χ4v) is 3.98. The van der Waals surface area contributed by atoms with Crippen molar-refractivity contribution in [3.05, 3.63) is 16.1 Å². The molecule has 2 amide bonds. The smallest absolute Gasteiger partial charge is 0.225 e. The average Bonchev–Trinajstić information content (AvgIpc) is 3.28. The molecule has 1 aliphatic carbocycles. The number of piperidine rings is 1. The Morgan fingerprint density at radius 3 is 2.67 bits per heavy atom. The van der Waals surface area contributed by atoms with Crippen LogP contribution in [0.4, 0.5) is 0 Å².